The third-order valence-electron chi connectivity index (χ3n) is 6.27. The van der Waals surface area contributed by atoms with Crippen LogP contribution in [-0.2, 0) is 4.79 Å². The molecule has 0 aromatic carbocycles. The van der Waals surface area contributed by atoms with Crippen molar-refractivity contribution in [3.63, 3.8) is 0 Å². The quantitative estimate of drug-likeness (QED) is 0.553. The molecule has 2 aliphatic rings. The first kappa shape index (κ1) is 22.9. The molecule has 0 unspecified atom stereocenters. The van der Waals surface area contributed by atoms with Crippen LogP contribution in [0.2, 0.25) is 0 Å². The maximum atomic E-state index is 11.7. The molecule has 0 saturated heterocycles. The Bertz CT molecular complexity index is 593. The molecule has 158 valence electrons. The number of amides is 1. The number of carbonyl (C=O) groups is 1. The fraction of sp³-hybridized carbons (Fsp3) is 0.708. The van der Waals surface area contributed by atoms with Gasteiger partial charge in [-0.25, -0.2) is 0 Å². The van der Waals surface area contributed by atoms with Crippen molar-refractivity contribution < 1.29 is 15.0 Å². The molecule has 0 bridgehead atoms. The Kier molecular flexibility index (Phi) is 8.97. The molecule has 4 heteroatoms. The average molecular weight is 390 g/mol. The first-order valence-corrected chi connectivity index (χ1v) is 10.9. The number of hydrogen-bond donors (Lipinski definition) is 2. The molecule has 4 nitrogen and oxygen atoms in total. The zero-order valence-electron chi connectivity index (χ0n) is 18.1. The smallest absolute Gasteiger partial charge is 0.225 e. The number of allylic oxidation sites excluding steroid dienone is 3. The van der Waals surface area contributed by atoms with Crippen LogP contribution in [-0.4, -0.2) is 47.3 Å². The number of aliphatic hydroxyl groups excluding tert-OH is 2. The summed E-state index contributed by atoms with van der Waals surface area (Å²) in [4.78, 5) is 13.3. The van der Waals surface area contributed by atoms with Gasteiger partial charge in [-0.3, -0.25) is 4.79 Å². The normalized spacial score (nSPS) is 29.3. The van der Waals surface area contributed by atoms with Crippen molar-refractivity contribution in [2.45, 2.75) is 71.0 Å². The van der Waals surface area contributed by atoms with Gasteiger partial charge in [-0.05, 0) is 37.0 Å². The molecule has 0 aromatic heterocycles. The second-order valence-corrected chi connectivity index (χ2v) is 8.98. The minimum atomic E-state index is -0.427. The summed E-state index contributed by atoms with van der Waals surface area (Å²) in [5.41, 5.74) is 1.26. The second kappa shape index (κ2) is 11.0. The van der Waals surface area contributed by atoms with E-state index in [1.54, 1.807) is 19.0 Å². The molecule has 0 radical (unpaired) electrons. The van der Waals surface area contributed by atoms with Gasteiger partial charge in [-0.1, -0.05) is 69.1 Å². The predicted molar refractivity (Wildman–Crippen MR) is 115 cm³/mol. The van der Waals surface area contributed by atoms with E-state index in [2.05, 4.69) is 32.1 Å². The van der Waals surface area contributed by atoms with Crippen LogP contribution in [0.1, 0.15) is 58.8 Å². The second-order valence-electron chi connectivity index (χ2n) is 8.98. The highest BCUT2D eigenvalue weighted by molar-refractivity contribution is 5.77. The highest BCUT2D eigenvalue weighted by Crippen LogP contribution is 2.47. The van der Waals surface area contributed by atoms with E-state index >= 15 is 0 Å². The zero-order chi connectivity index (χ0) is 20.7. The topological polar surface area (TPSA) is 60.8 Å². The first-order valence-electron chi connectivity index (χ1n) is 10.9. The van der Waals surface area contributed by atoms with Gasteiger partial charge in [0.15, 0.2) is 0 Å². The third-order valence-corrected chi connectivity index (χ3v) is 6.27. The number of rotatable bonds is 10. The molecule has 1 fully saturated rings. The average Bonchev–Trinajstić information content (AvgIpc) is 3.14. The summed E-state index contributed by atoms with van der Waals surface area (Å²) < 4.78 is 0. The van der Waals surface area contributed by atoms with Gasteiger partial charge in [0.1, 0.15) is 0 Å². The van der Waals surface area contributed by atoms with Crippen LogP contribution in [0.5, 0.6) is 0 Å². The summed E-state index contributed by atoms with van der Waals surface area (Å²) in [6.45, 7) is 4.40. The van der Waals surface area contributed by atoms with Crippen molar-refractivity contribution in [1.29, 1.82) is 0 Å². The van der Waals surface area contributed by atoms with Crippen molar-refractivity contribution in [1.82, 2.24) is 4.90 Å². The highest BCUT2D eigenvalue weighted by Gasteiger charge is 2.42. The largest absolute Gasteiger partial charge is 0.392 e. The van der Waals surface area contributed by atoms with Gasteiger partial charge in [0, 0.05) is 26.4 Å². The summed E-state index contributed by atoms with van der Waals surface area (Å²) in [7, 11) is 3.54. The summed E-state index contributed by atoms with van der Waals surface area (Å²) >= 11 is 0. The predicted octanol–water partition coefficient (Wildman–Crippen LogP) is 4.10. The van der Waals surface area contributed by atoms with Crippen LogP contribution in [0, 0.1) is 23.7 Å². The van der Waals surface area contributed by atoms with Crippen molar-refractivity contribution >= 4 is 5.91 Å². The Balaban J connectivity index is 1.86. The summed E-state index contributed by atoms with van der Waals surface area (Å²) in [5.74, 6) is 1.54. The number of carbonyl (C=O) groups excluding carboxylic acids is 1. The van der Waals surface area contributed by atoms with E-state index in [1.165, 1.54) is 18.4 Å². The standard InChI is InChI=1S/C24H39NO3/c1-5-6-8-17(2)13-20(26)11-12-21-22-15-18(14-19(22)16-23(21)27)9-7-10-24(28)25(3)4/h7,9,11-12,14,17,19-23,26-27H,5-6,8,10,13,15-16H2,1-4H3/b9-7-,12-11+/t17-,19-,20+,21+,22-,23+/m0/s1. The lowest BCUT2D eigenvalue weighted by Gasteiger charge is -2.19. The summed E-state index contributed by atoms with van der Waals surface area (Å²) in [6.07, 6.45) is 16.0. The number of hydrogen-bond acceptors (Lipinski definition) is 3. The lowest BCUT2D eigenvalue weighted by Crippen LogP contribution is -2.20. The summed E-state index contributed by atoms with van der Waals surface area (Å²) in [6, 6.07) is 0. The summed E-state index contributed by atoms with van der Waals surface area (Å²) in [5, 5.41) is 20.8. The first-order chi connectivity index (χ1) is 13.3. The number of aliphatic hydroxyl groups is 2. The Labute approximate surface area is 171 Å². The van der Waals surface area contributed by atoms with E-state index in [0.29, 0.717) is 24.2 Å². The monoisotopic (exact) mass is 389 g/mol. The van der Waals surface area contributed by atoms with Crippen LogP contribution >= 0.6 is 0 Å². The van der Waals surface area contributed by atoms with Crippen molar-refractivity contribution in [2.75, 3.05) is 14.1 Å². The molecule has 1 saturated carbocycles. The lowest BCUT2D eigenvalue weighted by atomic mass is 9.88. The molecule has 0 aliphatic heterocycles. The fourth-order valence-electron chi connectivity index (χ4n) is 4.58. The SMILES string of the molecule is CCCC[C@H](C)C[C@H](O)/C=C/[C@@H]1[C@H]2CC(/C=C\CC(=O)N(C)C)=C[C@H]2C[C@H]1O. The van der Waals surface area contributed by atoms with Gasteiger partial charge in [0.2, 0.25) is 5.91 Å². The molecular weight excluding hydrogens is 350 g/mol. The number of unbranched alkanes of at least 4 members (excludes halogenated alkanes) is 1. The van der Waals surface area contributed by atoms with Gasteiger partial charge < -0.3 is 15.1 Å². The Morgan fingerprint density at radius 3 is 2.82 bits per heavy atom. The Morgan fingerprint density at radius 1 is 1.39 bits per heavy atom. The molecule has 1 amide bonds. The molecule has 2 rings (SSSR count). The molecule has 0 heterocycles. The third kappa shape index (κ3) is 6.59. The maximum absolute atomic E-state index is 11.7. The maximum Gasteiger partial charge on any atom is 0.225 e. The van der Waals surface area contributed by atoms with E-state index in [9.17, 15) is 15.0 Å². The van der Waals surface area contributed by atoms with Crippen molar-refractivity contribution in [3.8, 4) is 0 Å². The zero-order valence-corrected chi connectivity index (χ0v) is 18.1. The molecule has 28 heavy (non-hydrogen) atoms. The van der Waals surface area contributed by atoms with Crippen LogP contribution < -0.4 is 0 Å². The van der Waals surface area contributed by atoms with Crippen LogP contribution in [0.4, 0.5) is 0 Å². The Morgan fingerprint density at radius 2 is 2.14 bits per heavy atom. The van der Waals surface area contributed by atoms with Gasteiger partial charge in [0.25, 0.3) is 0 Å². The van der Waals surface area contributed by atoms with Crippen LogP contribution in [0.15, 0.2) is 36.0 Å². The van der Waals surface area contributed by atoms with E-state index in [1.807, 2.05) is 12.2 Å². The molecule has 0 aromatic rings. The minimum absolute atomic E-state index is 0.105. The van der Waals surface area contributed by atoms with Gasteiger partial charge >= 0.3 is 0 Å². The molecule has 6 atom stereocenters. The van der Waals surface area contributed by atoms with Crippen LogP contribution in [0.3, 0.4) is 0 Å². The number of nitrogens with zero attached hydrogens (tertiary/aromatic N) is 1. The fourth-order valence-corrected chi connectivity index (χ4v) is 4.58. The van der Waals surface area contributed by atoms with Gasteiger partial charge in [-0.15, -0.1) is 0 Å². The van der Waals surface area contributed by atoms with Crippen molar-refractivity contribution in [2.24, 2.45) is 23.7 Å². The lowest BCUT2D eigenvalue weighted by molar-refractivity contribution is -0.127. The van der Waals surface area contributed by atoms with E-state index < -0.39 is 6.10 Å². The van der Waals surface area contributed by atoms with E-state index in [4.69, 9.17) is 0 Å². The van der Waals surface area contributed by atoms with E-state index in [0.717, 1.165) is 25.7 Å². The molecule has 2 aliphatic carbocycles. The molecular formula is C24H39NO3. The number of fused-ring (bicyclic) bond motifs is 1. The van der Waals surface area contributed by atoms with Crippen molar-refractivity contribution in [3.05, 3.63) is 36.0 Å². The molecule has 2 N–H and O–H groups in total. The van der Waals surface area contributed by atoms with Gasteiger partial charge in [0.05, 0.1) is 12.2 Å². The van der Waals surface area contributed by atoms with Crippen LogP contribution in [0.25, 0.3) is 0 Å². The molecule has 0 spiro atoms. The Hall–Kier alpha value is -1.39. The van der Waals surface area contributed by atoms with Gasteiger partial charge in [-0.2, -0.15) is 0 Å². The highest BCUT2D eigenvalue weighted by atomic mass is 16.3. The van der Waals surface area contributed by atoms with E-state index in [-0.39, 0.29) is 17.9 Å². The minimum Gasteiger partial charge on any atom is -0.392 e.